The molecule has 2 N–H and O–H groups in total. The number of hydrogen-bond acceptors (Lipinski definition) is 4. The number of nitrogens with one attached hydrogen (secondary N) is 2. The summed E-state index contributed by atoms with van der Waals surface area (Å²) < 4.78 is 5.63. The van der Waals surface area contributed by atoms with Crippen LogP contribution in [0.5, 0.6) is 0 Å². The molecule has 6 nitrogen and oxygen atoms in total. The lowest BCUT2D eigenvalue weighted by atomic mass is 10.3. The lowest BCUT2D eigenvalue weighted by Gasteiger charge is -2.16. The molecule has 0 aliphatic heterocycles. The third-order valence-corrected chi connectivity index (χ3v) is 3.04. The van der Waals surface area contributed by atoms with Gasteiger partial charge in [0.25, 0.3) is 5.91 Å². The minimum Gasteiger partial charge on any atom is -0.444 e. The van der Waals surface area contributed by atoms with Gasteiger partial charge in [0.2, 0.25) is 5.91 Å². The first-order valence-corrected chi connectivity index (χ1v) is 6.68. The highest BCUT2D eigenvalue weighted by Gasteiger charge is 2.18. The van der Waals surface area contributed by atoms with Crippen LogP contribution in [0.3, 0.4) is 0 Å². The van der Waals surface area contributed by atoms with Crippen molar-refractivity contribution in [2.45, 2.75) is 13.0 Å². The zero-order valence-corrected chi connectivity index (χ0v) is 12.8. The fourth-order valence-corrected chi connectivity index (χ4v) is 1.64. The molecule has 0 radical (unpaired) electrons. The minimum atomic E-state index is -0.331. The van der Waals surface area contributed by atoms with Gasteiger partial charge < -0.3 is 20.0 Å². The summed E-state index contributed by atoms with van der Waals surface area (Å²) in [5.41, 5.74) is 0. The third-order valence-electron chi connectivity index (χ3n) is 2.61. The molecule has 1 aromatic rings. The predicted molar refractivity (Wildman–Crippen MR) is 74.9 cm³/mol. The van der Waals surface area contributed by atoms with Crippen molar-refractivity contribution in [2.75, 3.05) is 27.2 Å². The average Bonchev–Trinajstić information content (AvgIpc) is 2.81. The Bertz CT molecular complexity index is 447. The molecule has 1 rings (SSSR count). The summed E-state index contributed by atoms with van der Waals surface area (Å²) >= 11 is 3.13. The van der Waals surface area contributed by atoms with Gasteiger partial charge in [-0.1, -0.05) is 0 Å². The fraction of sp³-hybridized carbons (Fsp3) is 0.500. The van der Waals surface area contributed by atoms with Crippen molar-refractivity contribution >= 4 is 27.7 Å². The molecule has 0 saturated heterocycles. The average molecular weight is 332 g/mol. The zero-order chi connectivity index (χ0) is 14.4. The topological polar surface area (TPSA) is 74.6 Å². The Hall–Kier alpha value is -1.34. The van der Waals surface area contributed by atoms with Crippen LogP contribution in [0, 0.1) is 0 Å². The third kappa shape index (κ3) is 5.04. The molecule has 1 atom stereocenters. The second kappa shape index (κ2) is 7.30. The van der Waals surface area contributed by atoms with Crippen LogP contribution in [0.1, 0.15) is 17.5 Å². The van der Waals surface area contributed by atoms with Crippen LogP contribution in [0.4, 0.5) is 0 Å². The molecule has 106 valence electrons. The first-order valence-electron chi connectivity index (χ1n) is 5.88. The van der Waals surface area contributed by atoms with Gasteiger partial charge in [0.1, 0.15) is 0 Å². The van der Waals surface area contributed by atoms with E-state index in [1.54, 1.807) is 19.2 Å². The molecule has 7 heteroatoms. The van der Waals surface area contributed by atoms with Crippen molar-refractivity contribution in [2.24, 2.45) is 0 Å². The van der Waals surface area contributed by atoms with Gasteiger partial charge >= 0.3 is 0 Å². The normalized spacial score (nSPS) is 12.0. The number of carbonyl (C=O) groups excluding carboxylic acids is 2. The number of halogens is 1. The van der Waals surface area contributed by atoms with E-state index in [9.17, 15) is 9.59 Å². The molecule has 0 bridgehead atoms. The zero-order valence-electron chi connectivity index (χ0n) is 11.2. The van der Waals surface area contributed by atoms with Crippen LogP contribution >= 0.6 is 15.9 Å². The first kappa shape index (κ1) is 15.7. The molecule has 1 aromatic heterocycles. The van der Waals surface area contributed by atoms with Gasteiger partial charge in [-0.15, -0.1) is 0 Å². The van der Waals surface area contributed by atoms with Gasteiger partial charge in [0.15, 0.2) is 10.4 Å². The summed E-state index contributed by atoms with van der Waals surface area (Å²) in [7, 11) is 3.38. The van der Waals surface area contributed by atoms with E-state index >= 15 is 0 Å². The molecular weight excluding hydrogens is 314 g/mol. The Morgan fingerprint density at radius 2 is 2.16 bits per heavy atom. The van der Waals surface area contributed by atoms with Crippen LogP contribution < -0.4 is 10.6 Å². The number of amides is 2. The number of hydrogen-bond donors (Lipinski definition) is 2. The van der Waals surface area contributed by atoms with Crippen molar-refractivity contribution < 1.29 is 14.0 Å². The Balaban J connectivity index is 2.44. The number of nitrogens with zero attached hydrogens (tertiary/aromatic N) is 1. The summed E-state index contributed by atoms with van der Waals surface area (Å²) in [5.74, 6) is -0.336. The summed E-state index contributed by atoms with van der Waals surface area (Å²) in [6.45, 7) is 2.47. The molecule has 0 aliphatic carbocycles. The Morgan fingerprint density at radius 3 is 2.68 bits per heavy atom. The molecule has 0 aliphatic rings. The summed E-state index contributed by atoms with van der Waals surface area (Å²) in [6, 6.07) is 3.38. The highest BCUT2D eigenvalue weighted by Crippen LogP contribution is 2.15. The van der Waals surface area contributed by atoms with Crippen LogP contribution in [0.25, 0.3) is 0 Å². The van der Waals surface area contributed by atoms with Crippen LogP contribution in [0.15, 0.2) is 21.2 Å². The largest absolute Gasteiger partial charge is 0.444 e. The smallest absolute Gasteiger partial charge is 0.289 e. The van der Waals surface area contributed by atoms with E-state index < -0.39 is 0 Å². The van der Waals surface area contributed by atoms with Crippen molar-refractivity contribution in [3.05, 3.63) is 22.6 Å². The Kier molecular flexibility index (Phi) is 6.04. The van der Waals surface area contributed by atoms with Crippen molar-refractivity contribution in [3.8, 4) is 0 Å². The molecule has 19 heavy (non-hydrogen) atoms. The molecule has 0 saturated carbocycles. The van der Waals surface area contributed by atoms with E-state index in [1.165, 1.54) is 4.90 Å². The highest BCUT2D eigenvalue weighted by atomic mass is 79.9. The molecule has 1 unspecified atom stereocenters. The monoisotopic (exact) mass is 331 g/mol. The van der Waals surface area contributed by atoms with Gasteiger partial charge in [-0.2, -0.15) is 0 Å². The van der Waals surface area contributed by atoms with Gasteiger partial charge in [-0.3, -0.25) is 9.59 Å². The highest BCUT2D eigenvalue weighted by molar-refractivity contribution is 9.10. The molecule has 0 aromatic carbocycles. The standard InChI is InChI=1S/C12H18BrN3O3/c1-8(14-2)6-15-11(17)7-16(3)12(18)9-4-5-10(13)19-9/h4-5,8,14H,6-7H2,1-3H3,(H,15,17). The maximum Gasteiger partial charge on any atom is 0.289 e. The SMILES string of the molecule is CNC(C)CNC(=O)CN(C)C(=O)c1ccc(Br)o1. The van der Waals surface area contributed by atoms with Crippen molar-refractivity contribution in [3.63, 3.8) is 0 Å². The van der Waals surface area contributed by atoms with Crippen molar-refractivity contribution in [1.82, 2.24) is 15.5 Å². The van der Waals surface area contributed by atoms with Gasteiger partial charge in [-0.25, -0.2) is 0 Å². The summed E-state index contributed by atoms with van der Waals surface area (Å²) in [6.07, 6.45) is 0. The number of likely N-dealkylation sites (N-methyl/N-ethyl adjacent to an activating group) is 2. The van der Waals surface area contributed by atoms with E-state index in [0.717, 1.165) is 0 Å². The number of carbonyl (C=O) groups is 2. The summed E-state index contributed by atoms with van der Waals surface area (Å²) in [4.78, 5) is 24.9. The van der Waals surface area contributed by atoms with E-state index in [2.05, 4.69) is 26.6 Å². The Labute approximate surface area is 120 Å². The maximum atomic E-state index is 11.9. The van der Waals surface area contributed by atoms with E-state index in [1.807, 2.05) is 14.0 Å². The maximum absolute atomic E-state index is 11.9. The molecular formula is C12H18BrN3O3. The molecule has 1 heterocycles. The molecule has 2 amide bonds. The molecule has 0 spiro atoms. The van der Waals surface area contributed by atoms with E-state index in [4.69, 9.17) is 4.42 Å². The Morgan fingerprint density at radius 1 is 1.47 bits per heavy atom. The molecule has 0 fully saturated rings. The second-order valence-electron chi connectivity index (χ2n) is 4.26. The predicted octanol–water partition coefficient (Wildman–Crippen LogP) is 0.838. The quantitative estimate of drug-likeness (QED) is 0.810. The first-order chi connectivity index (χ1) is 8.93. The second-order valence-corrected chi connectivity index (χ2v) is 5.04. The van der Waals surface area contributed by atoms with Crippen molar-refractivity contribution in [1.29, 1.82) is 0 Å². The van der Waals surface area contributed by atoms with E-state index in [0.29, 0.717) is 11.2 Å². The number of rotatable bonds is 6. The van der Waals surface area contributed by atoms with Gasteiger partial charge in [0.05, 0.1) is 6.54 Å². The lowest BCUT2D eigenvalue weighted by molar-refractivity contribution is -0.121. The lowest BCUT2D eigenvalue weighted by Crippen LogP contribution is -2.42. The van der Waals surface area contributed by atoms with Crippen LogP contribution in [-0.2, 0) is 4.79 Å². The van der Waals surface area contributed by atoms with Crippen LogP contribution in [0.2, 0.25) is 0 Å². The van der Waals surface area contributed by atoms with Crippen LogP contribution in [-0.4, -0.2) is 49.9 Å². The number of furan rings is 1. The van der Waals surface area contributed by atoms with Gasteiger partial charge in [-0.05, 0) is 42.0 Å². The van der Waals surface area contributed by atoms with E-state index in [-0.39, 0.29) is 30.2 Å². The fourth-order valence-electron chi connectivity index (χ4n) is 1.33. The van der Waals surface area contributed by atoms with Gasteiger partial charge in [0, 0.05) is 19.6 Å². The minimum absolute atomic E-state index is 0.00636. The summed E-state index contributed by atoms with van der Waals surface area (Å²) in [5, 5.41) is 5.75.